The van der Waals surface area contributed by atoms with E-state index in [4.69, 9.17) is 0 Å². The van der Waals surface area contributed by atoms with Crippen LogP contribution in [0.5, 0.6) is 0 Å². The first-order valence-electron chi connectivity index (χ1n) is 9.31. The molecule has 3 aromatic rings. The number of nitrogens with zero attached hydrogens (tertiary/aromatic N) is 5. The highest BCUT2D eigenvalue weighted by Crippen LogP contribution is 2.35. The molecule has 4 heterocycles. The molecule has 0 saturated carbocycles. The molecule has 0 bridgehead atoms. The lowest BCUT2D eigenvalue weighted by Crippen LogP contribution is -2.28. The van der Waals surface area contributed by atoms with Gasteiger partial charge in [0.15, 0.2) is 5.69 Å². The van der Waals surface area contributed by atoms with Gasteiger partial charge in [-0.15, -0.1) is 13.2 Å². The average molecular weight is 498 g/mol. The maximum absolute atomic E-state index is 13.1. The molecule has 1 N–H and O–H groups in total. The summed E-state index contributed by atoms with van der Waals surface area (Å²) in [4.78, 5) is 15.7. The van der Waals surface area contributed by atoms with Crippen LogP contribution in [0.4, 0.5) is 39.5 Å². The van der Waals surface area contributed by atoms with Crippen molar-refractivity contribution in [2.75, 3.05) is 0 Å². The Morgan fingerprint density at radius 2 is 1.71 bits per heavy atom. The van der Waals surface area contributed by atoms with Gasteiger partial charge in [0, 0.05) is 24.5 Å². The Morgan fingerprint density at radius 3 is 2.32 bits per heavy atom. The Labute approximate surface area is 183 Å². The molecule has 4 rings (SSSR count). The summed E-state index contributed by atoms with van der Waals surface area (Å²) >= 11 is 0. The molecule has 0 aromatic carbocycles. The summed E-state index contributed by atoms with van der Waals surface area (Å²) in [5, 5.41) is 8.80. The van der Waals surface area contributed by atoms with Crippen LogP contribution < -0.4 is 5.32 Å². The molecule has 1 amide bonds. The van der Waals surface area contributed by atoms with Crippen LogP contribution in [0.25, 0.3) is 11.3 Å². The minimum absolute atomic E-state index is 0.0557. The van der Waals surface area contributed by atoms with E-state index in [-0.39, 0.29) is 36.1 Å². The van der Waals surface area contributed by atoms with E-state index in [1.165, 1.54) is 16.8 Å². The SMILES string of the molecule is O=C(N[C@@H]1CCn2nc(-c3ccnc(C(F)(F)F)c3)cc21)c1cn(C(F)(F)F)nc1C(F)(F)F. The lowest BCUT2D eigenvalue weighted by Gasteiger charge is -2.12. The summed E-state index contributed by atoms with van der Waals surface area (Å²) in [6, 6.07) is 2.40. The molecule has 0 spiro atoms. The third-order valence-corrected chi connectivity index (χ3v) is 4.94. The molecule has 3 aromatic heterocycles. The van der Waals surface area contributed by atoms with Crippen molar-refractivity contribution in [1.29, 1.82) is 0 Å². The van der Waals surface area contributed by atoms with Crippen molar-refractivity contribution in [1.82, 2.24) is 29.9 Å². The van der Waals surface area contributed by atoms with Crippen molar-refractivity contribution in [3.63, 3.8) is 0 Å². The van der Waals surface area contributed by atoms with Gasteiger partial charge in [0.05, 0.1) is 23.0 Å². The summed E-state index contributed by atoms with van der Waals surface area (Å²) in [5.74, 6) is -1.45. The van der Waals surface area contributed by atoms with Gasteiger partial charge in [-0.1, -0.05) is 0 Å². The number of fused-ring (bicyclic) bond motifs is 1. The van der Waals surface area contributed by atoms with E-state index >= 15 is 0 Å². The van der Waals surface area contributed by atoms with Gasteiger partial charge in [-0.2, -0.15) is 41.2 Å². The summed E-state index contributed by atoms with van der Waals surface area (Å²) in [6.45, 7) is 0.158. The van der Waals surface area contributed by atoms with E-state index in [1.54, 1.807) is 0 Å². The van der Waals surface area contributed by atoms with Crippen LogP contribution in [0.1, 0.15) is 39.9 Å². The molecule has 0 radical (unpaired) electrons. The zero-order valence-corrected chi connectivity index (χ0v) is 16.4. The van der Waals surface area contributed by atoms with Crippen molar-refractivity contribution in [3.05, 3.63) is 53.2 Å². The Morgan fingerprint density at radius 1 is 1.00 bits per heavy atom. The molecule has 1 atom stereocenters. The van der Waals surface area contributed by atoms with Gasteiger partial charge in [-0.3, -0.25) is 14.5 Å². The summed E-state index contributed by atoms with van der Waals surface area (Å²) < 4.78 is 117. The van der Waals surface area contributed by atoms with Crippen LogP contribution in [0.2, 0.25) is 0 Å². The molecule has 0 saturated heterocycles. The number of nitrogens with one attached hydrogen (secondary N) is 1. The molecule has 182 valence electrons. The molecule has 0 fully saturated rings. The fourth-order valence-electron chi connectivity index (χ4n) is 3.44. The summed E-state index contributed by atoms with van der Waals surface area (Å²) in [5.41, 5.74) is -4.10. The Kier molecular flexibility index (Phi) is 5.36. The van der Waals surface area contributed by atoms with E-state index in [1.807, 2.05) is 0 Å². The Balaban J connectivity index is 1.61. The monoisotopic (exact) mass is 498 g/mol. The fraction of sp³-hybridized carbons (Fsp3) is 0.333. The molecule has 0 aliphatic carbocycles. The topological polar surface area (TPSA) is 77.6 Å². The number of amides is 1. The lowest BCUT2D eigenvalue weighted by atomic mass is 10.1. The van der Waals surface area contributed by atoms with Gasteiger partial charge in [0.25, 0.3) is 5.91 Å². The number of hydrogen-bond donors (Lipinski definition) is 1. The first-order chi connectivity index (χ1) is 15.6. The highest BCUT2D eigenvalue weighted by atomic mass is 19.4. The number of aromatic nitrogens is 5. The quantitative estimate of drug-likeness (QED) is 0.539. The second-order valence-corrected chi connectivity index (χ2v) is 7.22. The lowest BCUT2D eigenvalue weighted by molar-refractivity contribution is -0.214. The van der Waals surface area contributed by atoms with Gasteiger partial charge < -0.3 is 5.32 Å². The van der Waals surface area contributed by atoms with E-state index < -0.39 is 52.2 Å². The number of halogens is 9. The molecular formula is C18H11F9N6O. The number of hydrogen-bond acceptors (Lipinski definition) is 4. The highest BCUT2D eigenvalue weighted by Gasteiger charge is 2.43. The van der Waals surface area contributed by atoms with Crippen LogP contribution >= 0.6 is 0 Å². The van der Waals surface area contributed by atoms with Crippen molar-refractivity contribution in [2.45, 2.75) is 37.7 Å². The number of aryl methyl sites for hydroxylation is 1. The molecule has 7 nitrogen and oxygen atoms in total. The Hall–Kier alpha value is -3.59. The molecule has 1 aliphatic heterocycles. The van der Waals surface area contributed by atoms with E-state index in [9.17, 15) is 44.3 Å². The number of alkyl halides is 9. The highest BCUT2D eigenvalue weighted by molar-refractivity contribution is 5.95. The van der Waals surface area contributed by atoms with E-state index in [2.05, 4.69) is 20.5 Å². The third kappa shape index (κ3) is 4.43. The first-order valence-corrected chi connectivity index (χ1v) is 9.31. The number of carbonyl (C=O) groups is 1. The number of pyridine rings is 1. The fourth-order valence-corrected chi connectivity index (χ4v) is 3.44. The van der Waals surface area contributed by atoms with E-state index in [0.717, 1.165) is 12.3 Å². The van der Waals surface area contributed by atoms with Crippen molar-refractivity contribution in [2.24, 2.45) is 0 Å². The molecule has 0 unspecified atom stereocenters. The number of carbonyl (C=O) groups excluding carboxylic acids is 1. The van der Waals surface area contributed by atoms with Gasteiger partial charge >= 0.3 is 18.7 Å². The molecule has 34 heavy (non-hydrogen) atoms. The first kappa shape index (κ1) is 23.6. The second kappa shape index (κ2) is 7.73. The maximum Gasteiger partial charge on any atom is 0.504 e. The normalized spacial score (nSPS) is 16.6. The van der Waals surface area contributed by atoms with Gasteiger partial charge in [-0.25, -0.2) is 0 Å². The zero-order valence-electron chi connectivity index (χ0n) is 16.4. The maximum atomic E-state index is 13.1. The van der Waals surface area contributed by atoms with Crippen LogP contribution in [0.15, 0.2) is 30.6 Å². The molecule has 1 aliphatic rings. The average Bonchev–Trinajstić information content (AvgIpc) is 3.42. The van der Waals surface area contributed by atoms with Crippen LogP contribution in [0.3, 0.4) is 0 Å². The standard InChI is InChI=1S/C18H11F9N6O/c19-16(20,21)13-5-8(1-3-28-13)11-6-12-10(2-4-32(12)30-11)29-15(34)9-7-33(18(25,26)27)31-14(9)17(22,23)24/h1,3,5-7,10H,2,4H2,(H,29,34)/t10-/m1/s1. The van der Waals surface area contributed by atoms with E-state index in [0.29, 0.717) is 0 Å². The predicted octanol–water partition coefficient (Wildman–Crippen LogP) is 4.53. The largest absolute Gasteiger partial charge is 0.504 e. The molecule has 16 heteroatoms. The van der Waals surface area contributed by atoms with Crippen molar-refractivity contribution in [3.8, 4) is 11.3 Å². The van der Waals surface area contributed by atoms with Gasteiger partial charge in [0.2, 0.25) is 0 Å². The zero-order chi connectivity index (χ0) is 25.1. The van der Waals surface area contributed by atoms with Crippen molar-refractivity contribution >= 4 is 5.91 Å². The second-order valence-electron chi connectivity index (χ2n) is 7.22. The summed E-state index contributed by atoms with van der Waals surface area (Å²) in [6.07, 6.45) is -14.3. The smallest absolute Gasteiger partial charge is 0.343 e. The minimum Gasteiger partial charge on any atom is -0.343 e. The van der Waals surface area contributed by atoms with Crippen LogP contribution in [-0.2, 0) is 25.2 Å². The van der Waals surface area contributed by atoms with Crippen LogP contribution in [0, 0.1) is 0 Å². The minimum atomic E-state index is -5.33. The Bertz CT molecular complexity index is 1240. The van der Waals surface area contributed by atoms with Crippen molar-refractivity contribution < 1.29 is 44.3 Å². The third-order valence-electron chi connectivity index (χ3n) is 4.94. The summed E-state index contributed by atoms with van der Waals surface area (Å²) in [7, 11) is 0. The van der Waals surface area contributed by atoms with Gasteiger partial charge in [-0.05, 0) is 24.6 Å². The number of rotatable bonds is 3. The predicted molar refractivity (Wildman–Crippen MR) is 93.8 cm³/mol. The molecular weight excluding hydrogens is 487 g/mol. The van der Waals surface area contributed by atoms with Crippen LogP contribution in [-0.4, -0.2) is 30.5 Å². The van der Waals surface area contributed by atoms with Gasteiger partial charge in [0.1, 0.15) is 5.69 Å².